The molecule has 0 bridgehead atoms. The van der Waals surface area contributed by atoms with Crippen molar-refractivity contribution in [2.24, 2.45) is 0 Å². The van der Waals surface area contributed by atoms with Gasteiger partial charge in [0.15, 0.2) is 11.5 Å². The van der Waals surface area contributed by atoms with Gasteiger partial charge in [-0.25, -0.2) is 0 Å². The zero-order valence-corrected chi connectivity index (χ0v) is 14.9. The summed E-state index contributed by atoms with van der Waals surface area (Å²) in [6.45, 7) is 2.63. The van der Waals surface area contributed by atoms with E-state index in [2.05, 4.69) is 21.2 Å². The first-order valence-electron chi connectivity index (χ1n) is 7.20. The van der Waals surface area contributed by atoms with Crippen LogP contribution in [-0.4, -0.2) is 18.0 Å². The SMILES string of the molecule is C[C@@H](Sc1ccc(Br)cc1)C(=O)NCc1ccc2c(c1)OCO2. The molecule has 0 spiro atoms. The van der Waals surface area contributed by atoms with E-state index in [1.165, 1.54) is 11.8 Å². The van der Waals surface area contributed by atoms with E-state index in [1.807, 2.05) is 49.4 Å². The molecule has 0 aromatic heterocycles. The molecule has 3 rings (SSSR count). The van der Waals surface area contributed by atoms with E-state index in [0.29, 0.717) is 6.54 Å². The highest BCUT2D eigenvalue weighted by molar-refractivity contribution is 9.10. The zero-order valence-electron chi connectivity index (χ0n) is 12.5. The molecule has 0 saturated heterocycles. The van der Waals surface area contributed by atoms with Crippen LogP contribution >= 0.6 is 27.7 Å². The van der Waals surface area contributed by atoms with Crippen molar-refractivity contribution in [2.75, 3.05) is 6.79 Å². The van der Waals surface area contributed by atoms with Crippen molar-refractivity contribution in [1.29, 1.82) is 0 Å². The van der Waals surface area contributed by atoms with Crippen LogP contribution in [0.2, 0.25) is 0 Å². The van der Waals surface area contributed by atoms with Crippen LogP contribution in [0.3, 0.4) is 0 Å². The first kappa shape index (κ1) is 16.2. The number of thioether (sulfide) groups is 1. The number of fused-ring (bicyclic) bond motifs is 1. The molecule has 4 nitrogen and oxygen atoms in total. The average Bonchev–Trinajstić information content (AvgIpc) is 3.02. The summed E-state index contributed by atoms with van der Waals surface area (Å²) in [5.41, 5.74) is 0.989. The highest BCUT2D eigenvalue weighted by Gasteiger charge is 2.16. The molecule has 1 amide bonds. The van der Waals surface area contributed by atoms with Gasteiger partial charge in [-0.2, -0.15) is 0 Å². The van der Waals surface area contributed by atoms with E-state index in [4.69, 9.17) is 9.47 Å². The summed E-state index contributed by atoms with van der Waals surface area (Å²) in [6.07, 6.45) is 0. The molecule has 0 fully saturated rings. The minimum absolute atomic E-state index is 0.00980. The van der Waals surface area contributed by atoms with Gasteiger partial charge in [-0.3, -0.25) is 4.79 Å². The fraction of sp³-hybridized carbons (Fsp3) is 0.235. The third-order valence-corrected chi connectivity index (χ3v) is 5.04. The molecule has 1 N–H and O–H groups in total. The topological polar surface area (TPSA) is 47.6 Å². The lowest BCUT2D eigenvalue weighted by molar-refractivity contribution is -0.120. The van der Waals surface area contributed by atoms with Gasteiger partial charge in [0.25, 0.3) is 0 Å². The number of nitrogens with one attached hydrogen (secondary N) is 1. The number of hydrogen-bond acceptors (Lipinski definition) is 4. The number of benzene rings is 2. The molecule has 6 heteroatoms. The molecule has 2 aromatic rings. The molecular weight excluding hydrogens is 378 g/mol. The van der Waals surface area contributed by atoms with Crippen LogP contribution in [0.15, 0.2) is 51.8 Å². The molecule has 23 heavy (non-hydrogen) atoms. The van der Waals surface area contributed by atoms with E-state index in [-0.39, 0.29) is 18.0 Å². The number of amides is 1. The van der Waals surface area contributed by atoms with Gasteiger partial charge in [0.05, 0.1) is 5.25 Å². The molecule has 1 atom stereocenters. The molecule has 120 valence electrons. The van der Waals surface area contributed by atoms with Gasteiger partial charge in [-0.15, -0.1) is 11.8 Å². The Morgan fingerprint density at radius 1 is 1.22 bits per heavy atom. The van der Waals surface area contributed by atoms with Crippen molar-refractivity contribution in [3.8, 4) is 11.5 Å². The third kappa shape index (κ3) is 4.20. The number of halogens is 1. The number of ether oxygens (including phenoxy) is 2. The molecule has 2 aromatic carbocycles. The maximum Gasteiger partial charge on any atom is 0.233 e. The maximum atomic E-state index is 12.2. The van der Waals surface area contributed by atoms with E-state index >= 15 is 0 Å². The predicted molar refractivity (Wildman–Crippen MR) is 93.9 cm³/mol. The Morgan fingerprint density at radius 3 is 2.74 bits per heavy atom. The quantitative estimate of drug-likeness (QED) is 0.780. The minimum Gasteiger partial charge on any atom is -0.454 e. The van der Waals surface area contributed by atoms with E-state index in [9.17, 15) is 4.79 Å². The largest absolute Gasteiger partial charge is 0.454 e. The van der Waals surface area contributed by atoms with Crippen molar-refractivity contribution in [3.05, 3.63) is 52.5 Å². The number of hydrogen-bond donors (Lipinski definition) is 1. The van der Waals surface area contributed by atoms with Crippen LogP contribution in [0.5, 0.6) is 11.5 Å². The summed E-state index contributed by atoms with van der Waals surface area (Å²) in [5.74, 6) is 1.49. The van der Waals surface area contributed by atoms with Gasteiger partial charge < -0.3 is 14.8 Å². The minimum atomic E-state index is -0.162. The third-order valence-electron chi connectivity index (χ3n) is 3.40. The van der Waals surface area contributed by atoms with Gasteiger partial charge in [-0.1, -0.05) is 22.0 Å². The van der Waals surface area contributed by atoms with Crippen molar-refractivity contribution in [1.82, 2.24) is 5.32 Å². The van der Waals surface area contributed by atoms with Crippen LogP contribution in [0.25, 0.3) is 0 Å². The van der Waals surface area contributed by atoms with E-state index in [1.54, 1.807) is 0 Å². The Morgan fingerprint density at radius 2 is 1.96 bits per heavy atom. The van der Waals surface area contributed by atoms with Crippen LogP contribution in [0.1, 0.15) is 12.5 Å². The van der Waals surface area contributed by atoms with Gasteiger partial charge in [-0.05, 0) is 48.9 Å². The molecule has 0 aliphatic carbocycles. The lowest BCUT2D eigenvalue weighted by Gasteiger charge is -2.12. The molecule has 1 heterocycles. The highest BCUT2D eigenvalue weighted by Crippen LogP contribution is 2.32. The molecule has 1 aliphatic heterocycles. The highest BCUT2D eigenvalue weighted by atomic mass is 79.9. The summed E-state index contributed by atoms with van der Waals surface area (Å²) in [5, 5.41) is 2.79. The standard InChI is InChI=1S/C17H16BrNO3S/c1-11(23-14-5-3-13(18)4-6-14)17(20)19-9-12-2-7-15-16(8-12)22-10-21-15/h2-8,11H,9-10H2,1H3,(H,19,20)/t11-/m1/s1. The number of carbonyl (C=O) groups is 1. The van der Waals surface area contributed by atoms with E-state index in [0.717, 1.165) is 26.4 Å². The summed E-state index contributed by atoms with van der Waals surface area (Å²) in [7, 11) is 0. The lowest BCUT2D eigenvalue weighted by atomic mass is 10.2. The summed E-state index contributed by atoms with van der Waals surface area (Å²) >= 11 is 4.94. The average molecular weight is 394 g/mol. The van der Waals surface area contributed by atoms with Crippen molar-refractivity contribution in [2.45, 2.75) is 23.6 Å². The Labute approximate surface area is 147 Å². The van der Waals surface area contributed by atoms with Gasteiger partial charge in [0, 0.05) is 15.9 Å². The molecular formula is C17H16BrNO3S. The monoisotopic (exact) mass is 393 g/mol. The first-order chi connectivity index (χ1) is 11.1. The van der Waals surface area contributed by atoms with Crippen LogP contribution < -0.4 is 14.8 Å². The Kier molecular flexibility index (Phi) is 5.13. The van der Waals surface area contributed by atoms with Crippen molar-refractivity contribution < 1.29 is 14.3 Å². The second-order valence-corrected chi connectivity index (χ2v) is 7.45. The van der Waals surface area contributed by atoms with Crippen molar-refractivity contribution >= 4 is 33.6 Å². The Balaban J connectivity index is 1.53. The number of carbonyl (C=O) groups excluding carboxylic acids is 1. The molecule has 0 radical (unpaired) electrons. The first-order valence-corrected chi connectivity index (χ1v) is 8.87. The fourth-order valence-electron chi connectivity index (χ4n) is 2.15. The smallest absolute Gasteiger partial charge is 0.233 e. The second-order valence-electron chi connectivity index (χ2n) is 5.12. The van der Waals surface area contributed by atoms with Gasteiger partial charge >= 0.3 is 0 Å². The predicted octanol–water partition coefficient (Wildman–Crippen LogP) is 3.97. The van der Waals surface area contributed by atoms with E-state index < -0.39 is 0 Å². The van der Waals surface area contributed by atoms with Crippen molar-refractivity contribution in [3.63, 3.8) is 0 Å². The van der Waals surface area contributed by atoms with Gasteiger partial charge in [0.1, 0.15) is 0 Å². The Bertz CT molecular complexity index is 705. The fourth-order valence-corrected chi connectivity index (χ4v) is 3.31. The van der Waals surface area contributed by atoms with Crippen LogP contribution in [-0.2, 0) is 11.3 Å². The molecule has 0 saturated carbocycles. The van der Waals surface area contributed by atoms with Gasteiger partial charge in [0.2, 0.25) is 12.7 Å². The summed E-state index contributed by atoms with van der Waals surface area (Å²) < 4.78 is 11.6. The molecule has 1 aliphatic rings. The maximum absolute atomic E-state index is 12.2. The normalized spacial score (nSPS) is 13.7. The number of rotatable bonds is 5. The zero-order chi connectivity index (χ0) is 16.2. The van der Waals surface area contributed by atoms with Crippen LogP contribution in [0.4, 0.5) is 0 Å². The summed E-state index contributed by atoms with van der Waals surface area (Å²) in [4.78, 5) is 13.3. The Hall–Kier alpha value is -1.66. The molecule has 0 unspecified atom stereocenters. The summed E-state index contributed by atoms with van der Waals surface area (Å²) in [6, 6.07) is 13.6. The lowest BCUT2D eigenvalue weighted by Crippen LogP contribution is -2.30. The van der Waals surface area contributed by atoms with Crippen LogP contribution in [0, 0.1) is 0 Å². The second kappa shape index (κ2) is 7.27.